The van der Waals surface area contributed by atoms with Gasteiger partial charge in [0.2, 0.25) is 5.91 Å². The lowest BCUT2D eigenvalue weighted by Crippen LogP contribution is -2.30. The number of rotatable bonds is 5. The first kappa shape index (κ1) is 17.5. The van der Waals surface area contributed by atoms with E-state index < -0.39 is 6.10 Å². The molecule has 0 saturated heterocycles. The molecule has 126 valence electrons. The fraction of sp³-hybridized carbons (Fsp3) is 0.263. The van der Waals surface area contributed by atoms with Gasteiger partial charge < -0.3 is 15.4 Å². The fourth-order valence-electron chi connectivity index (χ4n) is 2.34. The van der Waals surface area contributed by atoms with E-state index in [0.29, 0.717) is 17.1 Å². The summed E-state index contributed by atoms with van der Waals surface area (Å²) in [4.78, 5) is 23.2. The molecule has 5 heteroatoms. The molecule has 2 rings (SSSR count). The Kier molecular flexibility index (Phi) is 5.58. The number of ether oxygens (including phenoxy) is 1. The van der Waals surface area contributed by atoms with Crippen molar-refractivity contribution in [2.45, 2.75) is 33.8 Å². The van der Waals surface area contributed by atoms with Crippen LogP contribution in [0, 0.1) is 13.8 Å². The largest absolute Gasteiger partial charge is 0.481 e. The molecule has 0 aliphatic rings. The van der Waals surface area contributed by atoms with Crippen molar-refractivity contribution in [2.24, 2.45) is 0 Å². The van der Waals surface area contributed by atoms with Crippen LogP contribution in [0.5, 0.6) is 5.75 Å². The summed E-state index contributed by atoms with van der Waals surface area (Å²) >= 11 is 0. The van der Waals surface area contributed by atoms with Gasteiger partial charge in [0.15, 0.2) is 6.10 Å². The molecule has 2 amide bonds. The second kappa shape index (κ2) is 7.64. The third-order valence-electron chi connectivity index (χ3n) is 3.35. The molecule has 2 N–H and O–H groups in total. The smallest absolute Gasteiger partial charge is 0.265 e. The number of carbonyl (C=O) groups excluding carboxylic acids is 2. The van der Waals surface area contributed by atoms with Gasteiger partial charge in [-0.3, -0.25) is 9.59 Å². The minimum absolute atomic E-state index is 0.137. The molecule has 2 aromatic carbocycles. The standard InChI is InChI=1S/C19H22N2O3/c1-12-9-13(2)11-18(10-12)24-14(3)19(23)21-17-7-5-16(6-8-17)20-15(4)22/h5-11,14H,1-4H3,(H,20,22)(H,21,23)/t14-/m0/s1. The molecule has 0 bridgehead atoms. The molecule has 0 saturated carbocycles. The van der Waals surface area contributed by atoms with Gasteiger partial charge in [-0.25, -0.2) is 0 Å². The lowest BCUT2D eigenvalue weighted by Gasteiger charge is -2.16. The van der Waals surface area contributed by atoms with Crippen LogP contribution < -0.4 is 15.4 Å². The summed E-state index contributed by atoms with van der Waals surface area (Å²) in [6, 6.07) is 12.8. The van der Waals surface area contributed by atoms with E-state index in [2.05, 4.69) is 10.6 Å². The van der Waals surface area contributed by atoms with Crippen molar-refractivity contribution < 1.29 is 14.3 Å². The Labute approximate surface area is 142 Å². The van der Waals surface area contributed by atoms with Crippen molar-refractivity contribution in [2.75, 3.05) is 10.6 Å². The minimum Gasteiger partial charge on any atom is -0.481 e. The Bertz CT molecular complexity index is 719. The molecule has 0 unspecified atom stereocenters. The highest BCUT2D eigenvalue weighted by atomic mass is 16.5. The third kappa shape index (κ3) is 5.12. The Morgan fingerprint density at radius 1 is 0.917 bits per heavy atom. The summed E-state index contributed by atoms with van der Waals surface area (Å²) in [7, 11) is 0. The zero-order valence-corrected chi connectivity index (χ0v) is 14.3. The van der Waals surface area contributed by atoms with Gasteiger partial charge in [-0.2, -0.15) is 0 Å². The van der Waals surface area contributed by atoms with E-state index in [1.54, 1.807) is 31.2 Å². The van der Waals surface area contributed by atoms with Crippen molar-refractivity contribution in [3.05, 3.63) is 53.6 Å². The molecule has 2 aromatic rings. The fourth-order valence-corrected chi connectivity index (χ4v) is 2.34. The van der Waals surface area contributed by atoms with Crippen LogP contribution in [0.4, 0.5) is 11.4 Å². The number of hydrogen-bond donors (Lipinski definition) is 2. The predicted molar refractivity (Wildman–Crippen MR) is 95.4 cm³/mol. The predicted octanol–water partition coefficient (Wildman–Crippen LogP) is 3.67. The van der Waals surface area contributed by atoms with Gasteiger partial charge in [0.05, 0.1) is 0 Å². The van der Waals surface area contributed by atoms with Crippen LogP contribution in [-0.4, -0.2) is 17.9 Å². The summed E-state index contributed by atoms with van der Waals surface area (Å²) < 4.78 is 5.72. The lowest BCUT2D eigenvalue weighted by molar-refractivity contribution is -0.122. The maximum Gasteiger partial charge on any atom is 0.265 e. The monoisotopic (exact) mass is 326 g/mol. The average Bonchev–Trinajstić information content (AvgIpc) is 2.47. The highest BCUT2D eigenvalue weighted by Gasteiger charge is 2.15. The summed E-state index contributed by atoms with van der Waals surface area (Å²) in [6.07, 6.45) is -0.624. The van der Waals surface area contributed by atoms with Gasteiger partial charge in [-0.05, 0) is 68.3 Å². The number of amides is 2. The number of aryl methyl sites for hydroxylation is 2. The van der Waals surface area contributed by atoms with Crippen molar-refractivity contribution in [3.63, 3.8) is 0 Å². The molecule has 0 aliphatic carbocycles. The van der Waals surface area contributed by atoms with E-state index in [-0.39, 0.29) is 11.8 Å². The molecular weight excluding hydrogens is 304 g/mol. The van der Waals surface area contributed by atoms with Crippen LogP contribution in [0.25, 0.3) is 0 Å². The maximum absolute atomic E-state index is 12.2. The van der Waals surface area contributed by atoms with Crippen LogP contribution in [0.1, 0.15) is 25.0 Å². The Morgan fingerprint density at radius 2 is 1.42 bits per heavy atom. The Hall–Kier alpha value is -2.82. The summed E-state index contributed by atoms with van der Waals surface area (Å²) in [5.41, 5.74) is 3.50. The van der Waals surface area contributed by atoms with Crippen LogP contribution in [-0.2, 0) is 9.59 Å². The van der Waals surface area contributed by atoms with E-state index in [9.17, 15) is 9.59 Å². The van der Waals surface area contributed by atoms with Gasteiger partial charge in [0, 0.05) is 18.3 Å². The Balaban J connectivity index is 1.97. The highest BCUT2D eigenvalue weighted by Crippen LogP contribution is 2.19. The van der Waals surface area contributed by atoms with Gasteiger partial charge in [0.25, 0.3) is 5.91 Å². The molecular formula is C19H22N2O3. The van der Waals surface area contributed by atoms with Crippen LogP contribution in [0.2, 0.25) is 0 Å². The van der Waals surface area contributed by atoms with Crippen molar-refractivity contribution in [1.82, 2.24) is 0 Å². The molecule has 5 nitrogen and oxygen atoms in total. The number of carbonyl (C=O) groups is 2. The molecule has 0 fully saturated rings. The van der Waals surface area contributed by atoms with Crippen molar-refractivity contribution >= 4 is 23.2 Å². The zero-order chi connectivity index (χ0) is 17.7. The van der Waals surface area contributed by atoms with Gasteiger partial charge in [-0.1, -0.05) is 6.07 Å². The van der Waals surface area contributed by atoms with E-state index >= 15 is 0 Å². The quantitative estimate of drug-likeness (QED) is 0.881. The van der Waals surface area contributed by atoms with E-state index in [4.69, 9.17) is 4.74 Å². The summed E-state index contributed by atoms with van der Waals surface area (Å²) in [6.45, 7) is 7.13. The van der Waals surface area contributed by atoms with E-state index in [1.165, 1.54) is 6.92 Å². The Morgan fingerprint density at radius 3 is 1.92 bits per heavy atom. The third-order valence-corrected chi connectivity index (χ3v) is 3.35. The number of hydrogen-bond acceptors (Lipinski definition) is 3. The second-order valence-corrected chi connectivity index (χ2v) is 5.83. The maximum atomic E-state index is 12.2. The first-order valence-electron chi connectivity index (χ1n) is 7.77. The van der Waals surface area contributed by atoms with Crippen LogP contribution in [0.15, 0.2) is 42.5 Å². The van der Waals surface area contributed by atoms with Gasteiger partial charge in [0.1, 0.15) is 5.75 Å². The van der Waals surface area contributed by atoms with Gasteiger partial charge >= 0.3 is 0 Å². The average molecular weight is 326 g/mol. The minimum atomic E-state index is -0.624. The summed E-state index contributed by atoms with van der Waals surface area (Å²) in [5, 5.41) is 5.47. The zero-order valence-electron chi connectivity index (χ0n) is 14.3. The van der Waals surface area contributed by atoms with Crippen LogP contribution in [0.3, 0.4) is 0 Å². The normalized spacial score (nSPS) is 11.5. The molecule has 0 aromatic heterocycles. The molecule has 0 aliphatic heterocycles. The van der Waals surface area contributed by atoms with Crippen LogP contribution >= 0.6 is 0 Å². The van der Waals surface area contributed by atoms with Crippen molar-refractivity contribution in [1.29, 1.82) is 0 Å². The first-order valence-corrected chi connectivity index (χ1v) is 7.77. The molecule has 24 heavy (non-hydrogen) atoms. The molecule has 0 heterocycles. The number of anilines is 2. The number of benzene rings is 2. The SMILES string of the molecule is CC(=O)Nc1ccc(NC(=O)[C@H](C)Oc2cc(C)cc(C)c2)cc1. The summed E-state index contributed by atoms with van der Waals surface area (Å²) in [5.74, 6) is 0.305. The molecule has 0 radical (unpaired) electrons. The second-order valence-electron chi connectivity index (χ2n) is 5.83. The van der Waals surface area contributed by atoms with E-state index in [1.807, 2.05) is 32.0 Å². The van der Waals surface area contributed by atoms with E-state index in [0.717, 1.165) is 11.1 Å². The lowest BCUT2D eigenvalue weighted by atomic mass is 10.1. The first-order chi connectivity index (χ1) is 11.3. The number of nitrogens with one attached hydrogen (secondary N) is 2. The van der Waals surface area contributed by atoms with Gasteiger partial charge in [-0.15, -0.1) is 0 Å². The van der Waals surface area contributed by atoms with Crippen molar-refractivity contribution in [3.8, 4) is 5.75 Å². The topological polar surface area (TPSA) is 67.4 Å². The highest BCUT2D eigenvalue weighted by molar-refractivity contribution is 5.94. The molecule has 0 spiro atoms. The molecule has 1 atom stereocenters.